The standard InChI is InChI=1S/C8H8F2N2O2.C8H7F2NO2/c1-14-4-7(12-13)8-6(10)2-5(9)3-11-8;1-13-4-7(12)8-6(10)2-5(9)3-11-8/h2-3,13H,4H2,1H3;2-3H,4H2,1H3. The molecule has 0 saturated heterocycles. The molecule has 0 atom stereocenters. The summed E-state index contributed by atoms with van der Waals surface area (Å²) in [4.78, 5) is 17.8. The van der Waals surface area contributed by atoms with Crippen LogP contribution in [0.25, 0.3) is 0 Å². The first-order valence-electron chi connectivity index (χ1n) is 7.18. The van der Waals surface area contributed by atoms with E-state index in [1.54, 1.807) is 0 Å². The number of hydrogen-bond acceptors (Lipinski definition) is 7. The summed E-state index contributed by atoms with van der Waals surface area (Å²) in [5.74, 6) is -4.08. The fourth-order valence-electron chi connectivity index (χ4n) is 1.73. The van der Waals surface area contributed by atoms with Gasteiger partial charge in [-0.3, -0.25) is 4.79 Å². The van der Waals surface area contributed by atoms with E-state index in [0.29, 0.717) is 12.1 Å². The summed E-state index contributed by atoms with van der Waals surface area (Å²) < 4.78 is 59.9. The second-order valence-corrected chi connectivity index (χ2v) is 4.80. The van der Waals surface area contributed by atoms with Crippen molar-refractivity contribution in [2.24, 2.45) is 5.16 Å². The lowest BCUT2D eigenvalue weighted by Gasteiger charge is -2.03. The van der Waals surface area contributed by atoms with E-state index < -0.39 is 34.7 Å². The summed E-state index contributed by atoms with van der Waals surface area (Å²) in [6, 6.07) is 1.26. The number of carbonyl (C=O) groups is 1. The third kappa shape index (κ3) is 6.72. The quantitative estimate of drug-likeness (QED) is 0.268. The SMILES string of the molecule is COCC(=NO)c1ncc(F)cc1F.COCC(=O)c1ncc(F)cc1F. The van der Waals surface area contributed by atoms with Crippen molar-refractivity contribution in [3.8, 4) is 0 Å². The van der Waals surface area contributed by atoms with Gasteiger partial charge in [-0.2, -0.15) is 0 Å². The number of aromatic nitrogens is 2. The van der Waals surface area contributed by atoms with Crippen LogP contribution in [-0.2, 0) is 9.47 Å². The van der Waals surface area contributed by atoms with Crippen LogP contribution in [0.4, 0.5) is 17.6 Å². The first kappa shape index (κ1) is 22.1. The molecule has 7 nitrogen and oxygen atoms in total. The number of carbonyl (C=O) groups excluding carboxylic acids is 1. The maximum atomic E-state index is 13.1. The zero-order valence-electron chi connectivity index (χ0n) is 14.2. The molecule has 146 valence electrons. The molecule has 0 fully saturated rings. The van der Waals surface area contributed by atoms with Crippen LogP contribution in [0, 0.1) is 23.3 Å². The fraction of sp³-hybridized carbons (Fsp3) is 0.250. The van der Waals surface area contributed by atoms with Crippen molar-refractivity contribution in [2.45, 2.75) is 0 Å². The predicted molar refractivity (Wildman–Crippen MR) is 84.7 cm³/mol. The van der Waals surface area contributed by atoms with Gasteiger partial charge in [0.15, 0.2) is 11.6 Å². The van der Waals surface area contributed by atoms with Crippen LogP contribution in [0.15, 0.2) is 29.7 Å². The molecule has 0 unspecified atom stereocenters. The lowest BCUT2D eigenvalue weighted by atomic mass is 10.2. The van der Waals surface area contributed by atoms with Crippen LogP contribution in [0.3, 0.4) is 0 Å². The Kier molecular flexibility index (Phi) is 8.96. The molecule has 0 spiro atoms. The Labute approximate surface area is 151 Å². The molecule has 2 aromatic heterocycles. The molecule has 0 amide bonds. The highest BCUT2D eigenvalue weighted by molar-refractivity contribution is 5.99. The molecule has 2 heterocycles. The molecule has 2 rings (SSSR count). The van der Waals surface area contributed by atoms with Gasteiger partial charge in [0.25, 0.3) is 0 Å². The van der Waals surface area contributed by atoms with E-state index in [1.807, 2.05) is 0 Å². The number of oxime groups is 1. The summed E-state index contributed by atoms with van der Waals surface area (Å²) in [6.45, 7) is -0.373. The first-order chi connectivity index (χ1) is 12.8. The normalized spacial score (nSPS) is 11.0. The molecule has 0 saturated carbocycles. The van der Waals surface area contributed by atoms with E-state index >= 15 is 0 Å². The van der Waals surface area contributed by atoms with Gasteiger partial charge < -0.3 is 14.7 Å². The highest BCUT2D eigenvalue weighted by atomic mass is 19.1. The lowest BCUT2D eigenvalue weighted by molar-refractivity contribution is 0.0838. The Hall–Kier alpha value is -2.92. The largest absolute Gasteiger partial charge is 0.411 e. The Balaban J connectivity index is 0.000000271. The van der Waals surface area contributed by atoms with E-state index in [1.165, 1.54) is 14.2 Å². The van der Waals surface area contributed by atoms with E-state index in [0.717, 1.165) is 12.4 Å². The number of Topliss-reactive ketones (excluding diaryl/α,β-unsaturated/α-hetero) is 1. The topological polar surface area (TPSA) is 93.9 Å². The molecule has 2 aromatic rings. The van der Waals surface area contributed by atoms with E-state index in [9.17, 15) is 22.4 Å². The fourth-order valence-corrected chi connectivity index (χ4v) is 1.73. The van der Waals surface area contributed by atoms with Gasteiger partial charge in [-0.05, 0) is 0 Å². The summed E-state index contributed by atoms with van der Waals surface area (Å²) in [7, 11) is 2.66. The third-order valence-corrected chi connectivity index (χ3v) is 2.83. The van der Waals surface area contributed by atoms with Crippen LogP contribution in [-0.4, -0.2) is 54.1 Å². The van der Waals surface area contributed by atoms with Gasteiger partial charge in [-0.25, -0.2) is 27.5 Å². The van der Waals surface area contributed by atoms with Gasteiger partial charge in [0.2, 0.25) is 5.78 Å². The maximum absolute atomic E-state index is 13.1. The van der Waals surface area contributed by atoms with Crippen LogP contribution in [0.1, 0.15) is 16.2 Å². The number of ether oxygens (including phenoxy) is 2. The minimum absolute atomic E-state index is 0.0926. The predicted octanol–water partition coefficient (Wildman–Crippen LogP) is 2.37. The summed E-state index contributed by atoms with van der Waals surface area (Å²) in [6.07, 6.45) is 1.62. The van der Waals surface area contributed by atoms with Gasteiger partial charge in [-0.15, -0.1) is 0 Å². The Morgan fingerprint density at radius 3 is 1.85 bits per heavy atom. The molecule has 0 aliphatic carbocycles. The van der Waals surface area contributed by atoms with E-state index in [4.69, 9.17) is 5.21 Å². The molecule has 1 N–H and O–H groups in total. The van der Waals surface area contributed by atoms with Gasteiger partial charge in [0.1, 0.15) is 35.3 Å². The van der Waals surface area contributed by atoms with Crippen LogP contribution < -0.4 is 0 Å². The zero-order valence-corrected chi connectivity index (χ0v) is 14.2. The minimum Gasteiger partial charge on any atom is -0.411 e. The second-order valence-electron chi connectivity index (χ2n) is 4.80. The Morgan fingerprint density at radius 1 is 0.963 bits per heavy atom. The van der Waals surface area contributed by atoms with Gasteiger partial charge in [0.05, 0.1) is 19.0 Å². The average molecular weight is 389 g/mol. The number of nitrogens with zero attached hydrogens (tertiary/aromatic N) is 3. The van der Waals surface area contributed by atoms with Crippen molar-refractivity contribution in [3.63, 3.8) is 0 Å². The number of halogens is 4. The monoisotopic (exact) mass is 389 g/mol. The third-order valence-electron chi connectivity index (χ3n) is 2.83. The lowest BCUT2D eigenvalue weighted by Crippen LogP contribution is -2.13. The van der Waals surface area contributed by atoms with Crippen molar-refractivity contribution in [1.82, 2.24) is 9.97 Å². The summed E-state index contributed by atoms with van der Waals surface area (Å²) in [5, 5.41) is 11.3. The summed E-state index contributed by atoms with van der Waals surface area (Å²) >= 11 is 0. The van der Waals surface area contributed by atoms with E-state index in [2.05, 4.69) is 24.6 Å². The number of rotatable bonds is 6. The van der Waals surface area contributed by atoms with E-state index in [-0.39, 0.29) is 24.6 Å². The number of ketones is 1. The molecule has 27 heavy (non-hydrogen) atoms. The second kappa shape index (κ2) is 10.9. The molecular weight excluding hydrogens is 374 g/mol. The van der Waals surface area contributed by atoms with Crippen molar-refractivity contribution in [2.75, 3.05) is 27.4 Å². The molecule has 0 aliphatic heterocycles. The average Bonchev–Trinajstić information content (AvgIpc) is 2.61. The molecule has 0 radical (unpaired) electrons. The highest BCUT2D eigenvalue weighted by Gasteiger charge is 2.14. The molecule has 0 aliphatic rings. The van der Waals surface area contributed by atoms with Gasteiger partial charge in [0, 0.05) is 26.4 Å². The molecular formula is C16H15F4N3O4. The Morgan fingerprint density at radius 2 is 1.44 bits per heavy atom. The number of methoxy groups -OCH3 is 2. The van der Waals surface area contributed by atoms with Crippen LogP contribution in [0.5, 0.6) is 0 Å². The smallest absolute Gasteiger partial charge is 0.209 e. The van der Waals surface area contributed by atoms with Gasteiger partial charge >= 0.3 is 0 Å². The van der Waals surface area contributed by atoms with Gasteiger partial charge in [-0.1, -0.05) is 5.16 Å². The first-order valence-corrected chi connectivity index (χ1v) is 7.18. The molecule has 11 heteroatoms. The molecule has 0 aromatic carbocycles. The number of hydrogen-bond donors (Lipinski definition) is 1. The minimum atomic E-state index is -0.970. The molecule has 0 bridgehead atoms. The van der Waals surface area contributed by atoms with Crippen molar-refractivity contribution < 1.29 is 37.0 Å². The Bertz CT molecular complexity index is 818. The zero-order chi connectivity index (χ0) is 20.4. The number of pyridine rings is 2. The van der Waals surface area contributed by atoms with Crippen molar-refractivity contribution in [1.29, 1.82) is 0 Å². The highest BCUT2D eigenvalue weighted by Crippen LogP contribution is 2.08. The van der Waals surface area contributed by atoms with Crippen LogP contribution >= 0.6 is 0 Å². The van der Waals surface area contributed by atoms with Crippen molar-refractivity contribution >= 4 is 11.5 Å². The van der Waals surface area contributed by atoms with Crippen LogP contribution in [0.2, 0.25) is 0 Å². The summed E-state index contributed by atoms with van der Waals surface area (Å²) in [5.41, 5.74) is -0.719. The van der Waals surface area contributed by atoms with Crippen molar-refractivity contribution in [3.05, 3.63) is 59.2 Å². The maximum Gasteiger partial charge on any atom is 0.209 e.